The van der Waals surface area contributed by atoms with E-state index in [1.165, 1.54) is 44.2 Å². The molecule has 0 atom stereocenters. The molecule has 9 aromatic carbocycles. The van der Waals surface area contributed by atoms with Crippen molar-refractivity contribution in [3.63, 3.8) is 0 Å². The lowest BCUT2D eigenvalue weighted by Gasteiger charge is -2.26. The van der Waals surface area contributed by atoms with Gasteiger partial charge in [-0.3, -0.25) is 0 Å². The van der Waals surface area contributed by atoms with E-state index in [4.69, 9.17) is 4.42 Å². The van der Waals surface area contributed by atoms with Gasteiger partial charge in [0.25, 0.3) is 0 Å². The van der Waals surface area contributed by atoms with E-state index in [1.807, 2.05) is 0 Å². The second-order valence-corrected chi connectivity index (χ2v) is 13.8. The summed E-state index contributed by atoms with van der Waals surface area (Å²) in [6.45, 7) is 0. The highest BCUT2D eigenvalue weighted by molar-refractivity contribution is 6.13. The van der Waals surface area contributed by atoms with Crippen LogP contribution < -0.4 is 4.90 Å². The molecule has 54 heavy (non-hydrogen) atoms. The van der Waals surface area contributed by atoms with Gasteiger partial charge in [-0.15, -0.1) is 0 Å². The molecule has 10 rings (SSSR count). The Morgan fingerprint density at radius 1 is 0.296 bits per heavy atom. The lowest BCUT2D eigenvalue weighted by molar-refractivity contribution is 0.670. The van der Waals surface area contributed by atoms with Crippen molar-refractivity contribution < 1.29 is 4.42 Å². The normalized spacial score (nSPS) is 11.3. The summed E-state index contributed by atoms with van der Waals surface area (Å²) < 4.78 is 6.58. The monoisotopic (exact) mass is 689 g/mol. The van der Waals surface area contributed by atoms with Crippen LogP contribution >= 0.6 is 0 Å². The van der Waals surface area contributed by atoms with Crippen LogP contribution in [0.1, 0.15) is 0 Å². The van der Waals surface area contributed by atoms with Gasteiger partial charge >= 0.3 is 0 Å². The topological polar surface area (TPSA) is 16.4 Å². The summed E-state index contributed by atoms with van der Waals surface area (Å²) in [6, 6.07) is 75.8. The van der Waals surface area contributed by atoms with Crippen molar-refractivity contribution in [2.45, 2.75) is 0 Å². The van der Waals surface area contributed by atoms with Gasteiger partial charge in [0.05, 0.1) is 0 Å². The summed E-state index contributed by atoms with van der Waals surface area (Å²) in [5.41, 5.74) is 14.4. The zero-order valence-electron chi connectivity index (χ0n) is 29.6. The zero-order chi connectivity index (χ0) is 35.8. The number of hydrogen-bond acceptors (Lipinski definition) is 2. The van der Waals surface area contributed by atoms with Crippen LogP contribution in [-0.4, -0.2) is 0 Å². The minimum atomic E-state index is 0.910. The largest absolute Gasteiger partial charge is 0.455 e. The number of furan rings is 1. The van der Waals surface area contributed by atoms with Gasteiger partial charge in [0, 0.05) is 33.4 Å². The van der Waals surface area contributed by atoms with Gasteiger partial charge in [-0.2, -0.15) is 0 Å². The van der Waals surface area contributed by atoms with Gasteiger partial charge in [-0.05, 0) is 98.2 Å². The molecule has 2 heteroatoms. The Hall–Kier alpha value is -7.16. The van der Waals surface area contributed by atoms with Crippen molar-refractivity contribution in [2.24, 2.45) is 0 Å². The standard InChI is InChI=1S/C52H35NO/c1-3-11-36(12-4-1)38-21-23-39(24-22-38)40-25-29-45(30-26-40)53(47-18-9-17-42(33-47)37-13-5-2-6-14-37)46-31-27-41(28-32-46)48-19-10-20-49-50-34-43-15-7-8-16-44(43)35-51(50)54-52(48)49/h1-35H. The molecule has 0 radical (unpaired) electrons. The average molecular weight is 690 g/mol. The molecule has 10 aromatic rings. The Morgan fingerprint density at radius 3 is 1.41 bits per heavy atom. The number of benzene rings is 9. The molecule has 0 saturated carbocycles. The number of hydrogen-bond donors (Lipinski definition) is 0. The quantitative estimate of drug-likeness (QED) is 0.166. The fourth-order valence-electron chi connectivity index (χ4n) is 7.69. The second-order valence-electron chi connectivity index (χ2n) is 13.8. The lowest BCUT2D eigenvalue weighted by Crippen LogP contribution is -2.10. The second kappa shape index (κ2) is 13.4. The van der Waals surface area contributed by atoms with Crippen LogP contribution in [0.3, 0.4) is 0 Å². The van der Waals surface area contributed by atoms with Crippen molar-refractivity contribution in [3.05, 3.63) is 212 Å². The van der Waals surface area contributed by atoms with E-state index < -0.39 is 0 Å². The number of rotatable bonds is 7. The highest BCUT2D eigenvalue weighted by Crippen LogP contribution is 2.41. The highest BCUT2D eigenvalue weighted by atomic mass is 16.3. The smallest absolute Gasteiger partial charge is 0.143 e. The molecule has 1 heterocycles. The summed E-state index contributed by atoms with van der Waals surface area (Å²) in [5, 5.41) is 4.67. The van der Waals surface area contributed by atoms with Crippen molar-refractivity contribution in [1.82, 2.24) is 0 Å². The van der Waals surface area contributed by atoms with E-state index in [-0.39, 0.29) is 0 Å². The Bertz CT molecular complexity index is 2890. The SMILES string of the molecule is c1ccc(-c2ccc(-c3ccc(N(c4ccc(-c5cccc6c5oc5cc7ccccc7cc56)cc4)c4cccc(-c5ccccc5)c4)cc3)cc2)cc1. The Balaban J connectivity index is 1.03. The molecule has 0 bridgehead atoms. The molecule has 0 aliphatic heterocycles. The van der Waals surface area contributed by atoms with Crippen molar-refractivity contribution in [2.75, 3.05) is 4.90 Å². The first-order valence-electron chi connectivity index (χ1n) is 18.4. The zero-order valence-corrected chi connectivity index (χ0v) is 29.6. The van der Waals surface area contributed by atoms with E-state index in [1.54, 1.807) is 0 Å². The van der Waals surface area contributed by atoms with Gasteiger partial charge in [0.15, 0.2) is 0 Å². The third kappa shape index (κ3) is 5.81. The minimum Gasteiger partial charge on any atom is -0.455 e. The summed E-state index contributed by atoms with van der Waals surface area (Å²) in [4.78, 5) is 2.34. The average Bonchev–Trinajstić information content (AvgIpc) is 3.62. The Kier molecular flexibility index (Phi) is 7.85. The highest BCUT2D eigenvalue weighted by Gasteiger charge is 2.17. The first-order chi connectivity index (χ1) is 26.7. The molecule has 0 N–H and O–H groups in total. The number of fused-ring (bicyclic) bond motifs is 4. The van der Waals surface area contributed by atoms with Gasteiger partial charge in [0.2, 0.25) is 0 Å². The third-order valence-corrected chi connectivity index (χ3v) is 10.5. The third-order valence-electron chi connectivity index (χ3n) is 10.5. The number of nitrogens with zero attached hydrogens (tertiary/aromatic N) is 1. The maximum atomic E-state index is 6.58. The van der Waals surface area contributed by atoms with Gasteiger partial charge in [-0.25, -0.2) is 0 Å². The van der Waals surface area contributed by atoms with E-state index >= 15 is 0 Å². The van der Waals surface area contributed by atoms with E-state index in [2.05, 4.69) is 217 Å². The van der Waals surface area contributed by atoms with Crippen LogP contribution in [0, 0.1) is 0 Å². The van der Waals surface area contributed by atoms with Crippen LogP contribution in [0.4, 0.5) is 17.1 Å². The Morgan fingerprint density at radius 2 is 0.778 bits per heavy atom. The van der Waals surface area contributed by atoms with Crippen molar-refractivity contribution in [1.29, 1.82) is 0 Å². The molecule has 0 amide bonds. The predicted octanol–water partition coefficient (Wildman–Crippen LogP) is 14.9. The van der Waals surface area contributed by atoms with Gasteiger partial charge in [-0.1, -0.05) is 164 Å². The van der Waals surface area contributed by atoms with Crippen LogP contribution in [-0.2, 0) is 0 Å². The molecule has 0 aliphatic rings. The van der Waals surface area contributed by atoms with Crippen LogP contribution in [0.5, 0.6) is 0 Å². The fourth-order valence-corrected chi connectivity index (χ4v) is 7.69. The molecular weight excluding hydrogens is 655 g/mol. The molecule has 0 saturated heterocycles. The molecule has 0 unspecified atom stereocenters. The number of para-hydroxylation sites is 1. The van der Waals surface area contributed by atoms with Crippen LogP contribution in [0.2, 0.25) is 0 Å². The summed E-state index contributed by atoms with van der Waals surface area (Å²) in [5.74, 6) is 0. The Labute approximate surface area is 314 Å². The van der Waals surface area contributed by atoms with E-state index in [0.29, 0.717) is 0 Å². The molecule has 0 fully saturated rings. The molecule has 0 aliphatic carbocycles. The lowest BCUT2D eigenvalue weighted by atomic mass is 9.99. The van der Waals surface area contributed by atoms with Crippen molar-refractivity contribution in [3.8, 4) is 44.5 Å². The molecule has 254 valence electrons. The van der Waals surface area contributed by atoms with Crippen LogP contribution in [0.25, 0.3) is 77.2 Å². The molecule has 2 nitrogen and oxygen atoms in total. The molecule has 1 aromatic heterocycles. The van der Waals surface area contributed by atoms with Crippen LogP contribution in [0.15, 0.2) is 217 Å². The summed E-state index contributed by atoms with van der Waals surface area (Å²) in [6.07, 6.45) is 0. The van der Waals surface area contributed by atoms with Crippen molar-refractivity contribution >= 4 is 49.8 Å². The maximum Gasteiger partial charge on any atom is 0.143 e. The van der Waals surface area contributed by atoms with E-state index in [0.717, 1.165) is 50.1 Å². The number of anilines is 3. The maximum absolute atomic E-state index is 6.58. The summed E-state index contributed by atoms with van der Waals surface area (Å²) >= 11 is 0. The van der Waals surface area contributed by atoms with E-state index in [9.17, 15) is 0 Å². The predicted molar refractivity (Wildman–Crippen MR) is 228 cm³/mol. The fraction of sp³-hybridized carbons (Fsp3) is 0. The molecular formula is C52H35NO. The first-order valence-corrected chi connectivity index (χ1v) is 18.4. The van der Waals surface area contributed by atoms with Gasteiger partial charge in [0.1, 0.15) is 11.2 Å². The minimum absolute atomic E-state index is 0.910. The molecule has 0 spiro atoms. The first kappa shape index (κ1) is 31.6. The summed E-state index contributed by atoms with van der Waals surface area (Å²) in [7, 11) is 0. The van der Waals surface area contributed by atoms with Gasteiger partial charge < -0.3 is 9.32 Å².